The van der Waals surface area contributed by atoms with Crippen molar-refractivity contribution in [1.29, 1.82) is 0 Å². The summed E-state index contributed by atoms with van der Waals surface area (Å²) in [4.78, 5) is 24.9. The Balaban J connectivity index is 1.97. The van der Waals surface area contributed by atoms with Gasteiger partial charge in [0, 0.05) is 18.7 Å². The predicted molar refractivity (Wildman–Crippen MR) is 126 cm³/mol. The number of ether oxygens (including phenoxy) is 1. The van der Waals surface area contributed by atoms with E-state index in [1.807, 2.05) is 0 Å². The van der Waals surface area contributed by atoms with Crippen molar-refractivity contribution in [2.45, 2.75) is 26.7 Å². The molecule has 166 valence electrons. The largest absolute Gasteiger partial charge is 0.494 e. The first-order valence-corrected chi connectivity index (χ1v) is 10.6. The van der Waals surface area contributed by atoms with Gasteiger partial charge in [-0.1, -0.05) is 32.0 Å². The molecule has 0 saturated carbocycles. The molecule has 2 aromatic rings. The Hall–Kier alpha value is -2.97. The highest BCUT2D eigenvalue weighted by Gasteiger charge is 2.14. The van der Waals surface area contributed by atoms with Crippen LogP contribution in [0.15, 0.2) is 48.5 Å². The van der Waals surface area contributed by atoms with E-state index in [0.717, 1.165) is 6.42 Å². The minimum Gasteiger partial charge on any atom is -0.494 e. The second kappa shape index (κ2) is 12.7. The number of thiocarbonyl (C=S) groups is 1. The van der Waals surface area contributed by atoms with E-state index in [1.165, 1.54) is 0 Å². The second-order valence-electron chi connectivity index (χ2n) is 7.35. The quantitative estimate of drug-likeness (QED) is 0.332. The molecule has 0 bridgehead atoms. The third-order valence-corrected chi connectivity index (χ3v) is 4.53. The Bertz CT molecular complexity index is 902. The summed E-state index contributed by atoms with van der Waals surface area (Å²) < 4.78 is 5.70. The zero-order chi connectivity index (χ0) is 22.6. The van der Waals surface area contributed by atoms with Gasteiger partial charge in [0.15, 0.2) is 5.11 Å². The number of benzene rings is 2. The monoisotopic (exact) mass is 443 g/mol. The lowest BCUT2D eigenvalue weighted by atomic mass is 10.1. The number of carbonyl (C=O) groups is 2. The number of anilines is 1. The van der Waals surface area contributed by atoms with Crippen LogP contribution in [0, 0.1) is 5.92 Å². The van der Waals surface area contributed by atoms with E-state index in [2.05, 4.69) is 29.8 Å². The first-order chi connectivity index (χ1) is 14.9. The van der Waals surface area contributed by atoms with Gasteiger partial charge in [-0.3, -0.25) is 14.9 Å². The number of nitrogens with one attached hydrogen (secondary N) is 3. The summed E-state index contributed by atoms with van der Waals surface area (Å²) in [6, 6.07) is 13.7. The Labute approximate surface area is 188 Å². The lowest BCUT2D eigenvalue weighted by Gasteiger charge is -2.14. The Morgan fingerprint density at radius 2 is 1.87 bits per heavy atom. The summed E-state index contributed by atoms with van der Waals surface area (Å²) >= 11 is 5.26. The second-order valence-corrected chi connectivity index (χ2v) is 7.75. The van der Waals surface area contributed by atoms with E-state index in [1.54, 1.807) is 48.5 Å². The molecule has 0 saturated heterocycles. The van der Waals surface area contributed by atoms with Gasteiger partial charge in [0.05, 0.1) is 17.9 Å². The van der Waals surface area contributed by atoms with Crippen LogP contribution >= 0.6 is 12.2 Å². The fraction of sp³-hybridized carbons (Fsp3) is 0.348. The molecule has 0 unspecified atom stereocenters. The number of amides is 2. The van der Waals surface area contributed by atoms with Crippen molar-refractivity contribution in [3.8, 4) is 5.75 Å². The lowest BCUT2D eigenvalue weighted by molar-refractivity contribution is 0.0950. The van der Waals surface area contributed by atoms with Gasteiger partial charge >= 0.3 is 0 Å². The van der Waals surface area contributed by atoms with Gasteiger partial charge in [0.1, 0.15) is 5.75 Å². The Morgan fingerprint density at radius 1 is 1.10 bits per heavy atom. The molecule has 0 heterocycles. The van der Waals surface area contributed by atoms with Crippen LogP contribution in [0.25, 0.3) is 0 Å². The summed E-state index contributed by atoms with van der Waals surface area (Å²) in [6.07, 6.45) is 1.40. The number of aliphatic hydroxyl groups is 1. The van der Waals surface area contributed by atoms with Crippen LogP contribution in [-0.2, 0) is 0 Å². The fourth-order valence-electron chi connectivity index (χ4n) is 2.63. The molecule has 0 aromatic heterocycles. The normalized spacial score (nSPS) is 10.5. The summed E-state index contributed by atoms with van der Waals surface area (Å²) in [5.74, 6) is 0.486. The van der Waals surface area contributed by atoms with Crippen LogP contribution in [0.3, 0.4) is 0 Å². The van der Waals surface area contributed by atoms with Crippen molar-refractivity contribution in [2.75, 3.05) is 25.1 Å². The van der Waals surface area contributed by atoms with Crippen molar-refractivity contribution >= 4 is 34.8 Å². The van der Waals surface area contributed by atoms with E-state index < -0.39 is 0 Å². The lowest BCUT2D eigenvalue weighted by Crippen LogP contribution is -2.35. The van der Waals surface area contributed by atoms with Gasteiger partial charge in [-0.2, -0.15) is 0 Å². The highest BCUT2D eigenvalue weighted by Crippen LogP contribution is 2.16. The van der Waals surface area contributed by atoms with Gasteiger partial charge < -0.3 is 20.5 Å². The van der Waals surface area contributed by atoms with Gasteiger partial charge in [-0.15, -0.1) is 0 Å². The molecule has 2 rings (SSSR count). The first kappa shape index (κ1) is 24.3. The Kier molecular flexibility index (Phi) is 9.93. The maximum atomic E-state index is 12.6. The molecule has 8 heteroatoms. The molecule has 31 heavy (non-hydrogen) atoms. The van der Waals surface area contributed by atoms with Gasteiger partial charge in [-0.05, 0) is 61.3 Å². The maximum Gasteiger partial charge on any atom is 0.257 e. The topological polar surface area (TPSA) is 99.7 Å². The minimum atomic E-state index is -0.378. The average molecular weight is 444 g/mol. The number of hydrogen-bond donors (Lipinski definition) is 4. The van der Waals surface area contributed by atoms with Crippen LogP contribution in [0.4, 0.5) is 5.69 Å². The van der Waals surface area contributed by atoms with Crippen molar-refractivity contribution in [2.24, 2.45) is 5.92 Å². The number of rotatable bonds is 10. The zero-order valence-electron chi connectivity index (χ0n) is 17.8. The molecule has 0 radical (unpaired) electrons. The summed E-state index contributed by atoms with van der Waals surface area (Å²) in [5, 5.41) is 17.2. The highest BCUT2D eigenvalue weighted by molar-refractivity contribution is 7.80. The fourth-order valence-corrected chi connectivity index (χ4v) is 2.84. The summed E-state index contributed by atoms with van der Waals surface area (Å²) in [7, 11) is 0. The molecule has 2 aromatic carbocycles. The Morgan fingerprint density at radius 3 is 2.61 bits per heavy atom. The van der Waals surface area contributed by atoms with Crippen LogP contribution < -0.4 is 20.7 Å². The summed E-state index contributed by atoms with van der Waals surface area (Å²) in [5.41, 5.74) is 1.28. The van der Waals surface area contributed by atoms with Gasteiger partial charge in [0.2, 0.25) is 0 Å². The SMILES string of the molecule is CC(C)CCOc1cccc(C(=O)NC(=S)Nc2ccccc2C(=O)NCCCO)c1. The molecule has 4 N–H and O–H groups in total. The van der Waals surface area contributed by atoms with Crippen LogP contribution in [0.5, 0.6) is 5.75 Å². The van der Waals surface area contributed by atoms with Crippen molar-refractivity contribution in [3.05, 3.63) is 59.7 Å². The third-order valence-electron chi connectivity index (χ3n) is 4.33. The maximum absolute atomic E-state index is 12.6. The number of hydrogen-bond acceptors (Lipinski definition) is 5. The van der Waals surface area contributed by atoms with Crippen molar-refractivity contribution in [1.82, 2.24) is 10.6 Å². The van der Waals surface area contributed by atoms with Crippen molar-refractivity contribution < 1.29 is 19.4 Å². The van der Waals surface area contributed by atoms with E-state index >= 15 is 0 Å². The number of carbonyl (C=O) groups excluding carboxylic acids is 2. The van der Waals surface area contributed by atoms with E-state index in [9.17, 15) is 9.59 Å². The number of aliphatic hydroxyl groups excluding tert-OH is 1. The molecule has 0 fully saturated rings. The average Bonchev–Trinajstić information content (AvgIpc) is 2.74. The van der Waals surface area contributed by atoms with Crippen LogP contribution in [-0.4, -0.2) is 41.8 Å². The van der Waals surface area contributed by atoms with Crippen LogP contribution in [0.2, 0.25) is 0 Å². The van der Waals surface area contributed by atoms with Gasteiger partial charge in [-0.25, -0.2) is 0 Å². The first-order valence-electron chi connectivity index (χ1n) is 10.2. The molecule has 7 nitrogen and oxygen atoms in total. The molecule has 0 spiro atoms. The van der Waals surface area contributed by atoms with Crippen LogP contribution in [0.1, 0.15) is 47.4 Å². The molecule has 0 aliphatic heterocycles. The van der Waals surface area contributed by atoms with Gasteiger partial charge in [0.25, 0.3) is 11.8 Å². The molecular formula is C23H29N3O4S. The standard InChI is InChI=1S/C23H29N3O4S/c1-16(2)11-14-30-18-8-5-7-17(15-18)21(28)26-23(31)25-20-10-4-3-9-19(20)22(29)24-12-6-13-27/h3-5,7-10,15-16,27H,6,11-14H2,1-2H3,(H,24,29)(H2,25,26,28,31). The van der Waals surface area contributed by atoms with E-state index in [4.69, 9.17) is 22.1 Å². The minimum absolute atomic E-state index is 0.000259. The van der Waals surface area contributed by atoms with Crippen molar-refractivity contribution in [3.63, 3.8) is 0 Å². The van der Waals surface area contributed by atoms with E-state index in [0.29, 0.717) is 48.1 Å². The smallest absolute Gasteiger partial charge is 0.257 e. The molecule has 2 amide bonds. The molecule has 0 atom stereocenters. The number of para-hydroxylation sites is 1. The zero-order valence-corrected chi connectivity index (χ0v) is 18.6. The summed E-state index contributed by atoms with van der Waals surface area (Å²) in [6.45, 7) is 5.19. The predicted octanol–water partition coefficient (Wildman–Crippen LogP) is 3.35. The molecular weight excluding hydrogens is 414 g/mol. The molecule has 0 aliphatic rings. The van der Waals surface area contributed by atoms with E-state index in [-0.39, 0.29) is 23.5 Å². The highest BCUT2D eigenvalue weighted by atomic mass is 32.1. The third kappa shape index (κ3) is 8.35. The molecule has 0 aliphatic carbocycles.